The number of aryl methyl sites for hydroxylation is 1. The number of sulfone groups is 1. The van der Waals surface area contributed by atoms with E-state index in [1.165, 1.54) is 0 Å². The van der Waals surface area contributed by atoms with Crippen LogP contribution in [0.15, 0.2) is 24.3 Å². The second-order valence-electron chi connectivity index (χ2n) is 5.75. The molecule has 1 aromatic heterocycles. The smallest absolute Gasteiger partial charge is 0.251 e. The van der Waals surface area contributed by atoms with Gasteiger partial charge < -0.3 is 5.32 Å². The summed E-state index contributed by atoms with van der Waals surface area (Å²) in [5, 5.41) is 9.63. The van der Waals surface area contributed by atoms with Crippen molar-refractivity contribution in [3.8, 4) is 11.4 Å². The van der Waals surface area contributed by atoms with Gasteiger partial charge in [0, 0.05) is 17.2 Å². The molecule has 0 spiro atoms. The van der Waals surface area contributed by atoms with E-state index in [0.717, 1.165) is 11.4 Å². The van der Waals surface area contributed by atoms with Crippen molar-refractivity contribution in [1.29, 1.82) is 0 Å². The Hall–Kier alpha value is -2.22. The molecular formula is C15H18N4O3S. The average Bonchev–Trinajstić information content (AvgIpc) is 2.93. The Morgan fingerprint density at radius 2 is 2.04 bits per heavy atom. The van der Waals surface area contributed by atoms with E-state index in [-0.39, 0.29) is 23.5 Å². The Morgan fingerprint density at radius 3 is 2.65 bits per heavy atom. The number of amides is 1. The van der Waals surface area contributed by atoms with Gasteiger partial charge in [-0.3, -0.25) is 9.89 Å². The lowest BCUT2D eigenvalue weighted by atomic mass is 10.1. The van der Waals surface area contributed by atoms with Crippen molar-refractivity contribution in [2.45, 2.75) is 25.8 Å². The number of hydrogen-bond acceptors (Lipinski definition) is 5. The van der Waals surface area contributed by atoms with Gasteiger partial charge in [-0.05, 0) is 31.9 Å². The molecule has 2 N–H and O–H groups in total. The fourth-order valence-electron chi connectivity index (χ4n) is 2.65. The summed E-state index contributed by atoms with van der Waals surface area (Å²) < 4.78 is 23.2. The number of rotatable bonds is 3. The highest BCUT2D eigenvalue weighted by Gasteiger charge is 2.26. The minimum absolute atomic E-state index is 0.0211. The van der Waals surface area contributed by atoms with E-state index in [2.05, 4.69) is 20.5 Å². The Labute approximate surface area is 134 Å². The number of aromatic nitrogens is 3. The van der Waals surface area contributed by atoms with Crippen molar-refractivity contribution in [3.05, 3.63) is 35.7 Å². The number of carbonyl (C=O) groups excluding carboxylic acids is 1. The molecule has 2 aromatic rings. The second kappa shape index (κ2) is 6.11. The van der Waals surface area contributed by atoms with Crippen LogP contribution in [0.25, 0.3) is 11.4 Å². The Morgan fingerprint density at radius 1 is 1.30 bits per heavy atom. The van der Waals surface area contributed by atoms with Crippen molar-refractivity contribution in [2.24, 2.45) is 0 Å². The summed E-state index contributed by atoms with van der Waals surface area (Å²) in [7, 11) is -3.03. The number of nitrogens with zero attached hydrogens (tertiary/aromatic N) is 2. The number of aromatic amines is 1. The molecule has 23 heavy (non-hydrogen) atoms. The van der Waals surface area contributed by atoms with Gasteiger partial charge in [0.25, 0.3) is 5.91 Å². The first-order chi connectivity index (χ1) is 10.9. The van der Waals surface area contributed by atoms with E-state index in [0.29, 0.717) is 24.2 Å². The minimum Gasteiger partial charge on any atom is -0.348 e. The average molecular weight is 334 g/mol. The van der Waals surface area contributed by atoms with Crippen molar-refractivity contribution in [2.75, 3.05) is 11.5 Å². The predicted octanol–water partition coefficient (Wildman–Crippen LogP) is 1.09. The highest BCUT2D eigenvalue weighted by molar-refractivity contribution is 7.91. The fraction of sp³-hybridized carbons (Fsp3) is 0.400. The Balaban J connectivity index is 1.68. The number of H-pyrrole nitrogens is 1. The van der Waals surface area contributed by atoms with Crippen LogP contribution in [-0.2, 0) is 9.84 Å². The van der Waals surface area contributed by atoms with Crippen LogP contribution in [0.1, 0.15) is 29.0 Å². The lowest BCUT2D eigenvalue weighted by Crippen LogP contribution is -2.43. The number of hydrogen-bond donors (Lipinski definition) is 2. The van der Waals surface area contributed by atoms with Gasteiger partial charge in [0.15, 0.2) is 15.7 Å². The summed E-state index contributed by atoms with van der Waals surface area (Å²) in [4.78, 5) is 16.5. The molecule has 1 atom stereocenters. The second-order valence-corrected chi connectivity index (χ2v) is 7.98. The van der Waals surface area contributed by atoms with Gasteiger partial charge in [-0.25, -0.2) is 13.4 Å². The van der Waals surface area contributed by atoms with Crippen LogP contribution in [-0.4, -0.2) is 47.1 Å². The molecule has 122 valence electrons. The maximum absolute atomic E-state index is 12.2. The molecule has 3 rings (SSSR count). The van der Waals surface area contributed by atoms with Gasteiger partial charge in [-0.1, -0.05) is 12.1 Å². The van der Waals surface area contributed by atoms with Gasteiger partial charge in [0.1, 0.15) is 5.82 Å². The molecule has 0 aliphatic carbocycles. The van der Waals surface area contributed by atoms with Crippen LogP contribution in [0.3, 0.4) is 0 Å². The van der Waals surface area contributed by atoms with Crippen molar-refractivity contribution in [3.63, 3.8) is 0 Å². The Bertz CT molecular complexity index is 812. The zero-order chi connectivity index (χ0) is 16.4. The Kier molecular flexibility index (Phi) is 4.16. The number of carbonyl (C=O) groups is 1. The molecule has 8 heteroatoms. The van der Waals surface area contributed by atoms with Crippen molar-refractivity contribution >= 4 is 15.7 Å². The SMILES string of the molecule is Cc1nc(-c2ccc(C(=O)NC3CCCS(=O)(=O)C3)cc2)n[nH]1. The standard InChI is InChI=1S/C15H18N4O3S/c1-10-16-14(19-18-10)11-4-6-12(7-5-11)15(20)17-13-3-2-8-23(21,22)9-13/h4-7,13H,2-3,8-9H2,1H3,(H,17,20)(H,16,18,19). The molecule has 1 aliphatic rings. The monoisotopic (exact) mass is 334 g/mol. The maximum Gasteiger partial charge on any atom is 0.251 e. The molecule has 0 radical (unpaired) electrons. The predicted molar refractivity (Wildman–Crippen MR) is 85.7 cm³/mol. The summed E-state index contributed by atoms with van der Waals surface area (Å²) in [6.45, 7) is 1.82. The minimum atomic E-state index is -3.03. The molecule has 0 saturated carbocycles. The summed E-state index contributed by atoms with van der Waals surface area (Å²) in [5.74, 6) is 1.27. The molecule has 0 bridgehead atoms. The van der Waals surface area contributed by atoms with Crippen LogP contribution in [0.2, 0.25) is 0 Å². The lowest BCUT2D eigenvalue weighted by molar-refractivity contribution is 0.0938. The van der Waals surface area contributed by atoms with Crippen LogP contribution in [0.5, 0.6) is 0 Å². The largest absolute Gasteiger partial charge is 0.348 e. The van der Waals surface area contributed by atoms with Crippen molar-refractivity contribution < 1.29 is 13.2 Å². The van der Waals surface area contributed by atoms with Crippen LogP contribution in [0, 0.1) is 6.92 Å². The highest BCUT2D eigenvalue weighted by atomic mass is 32.2. The third-order valence-electron chi connectivity index (χ3n) is 3.80. The normalized spacial score (nSPS) is 20.1. The fourth-order valence-corrected chi connectivity index (χ4v) is 4.28. The summed E-state index contributed by atoms with van der Waals surface area (Å²) >= 11 is 0. The third-order valence-corrected chi connectivity index (χ3v) is 5.62. The van der Waals surface area contributed by atoms with Gasteiger partial charge in [-0.15, -0.1) is 0 Å². The topological polar surface area (TPSA) is 105 Å². The zero-order valence-corrected chi connectivity index (χ0v) is 13.6. The van der Waals surface area contributed by atoms with E-state index in [1.807, 2.05) is 6.92 Å². The first-order valence-electron chi connectivity index (χ1n) is 7.44. The van der Waals surface area contributed by atoms with E-state index in [9.17, 15) is 13.2 Å². The van der Waals surface area contributed by atoms with Gasteiger partial charge >= 0.3 is 0 Å². The van der Waals surface area contributed by atoms with E-state index in [4.69, 9.17) is 0 Å². The zero-order valence-electron chi connectivity index (χ0n) is 12.7. The van der Waals surface area contributed by atoms with Crippen molar-refractivity contribution in [1.82, 2.24) is 20.5 Å². The number of nitrogens with one attached hydrogen (secondary N) is 2. The molecule has 1 saturated heterocycles. The molecule has 1 unspecified atom stereocenters. The molecule has 1 aliphatic heterocycles. The first-order valence-corrected chi connectivity index (χ1v) is 9.26. The van der Waals surface area contributed by atoms with E-state index >= 15 is 0 Å². The van der Waals surface area contributed by atoms with E-state index in [1.54, 1.807) is 24.3 Å². The molecule has 1 fully saturated rings. The van der Waals surface area contributed by atoms with Gasteiger partial charge in [0.05, 0.1) is 11.5 Å². The molecule has 7 nitrogen and oxygen atoms in total. The van der Waals surface area contributed by atoms with Crippen LogP contribution in [0.4, 0.5) is 0 Å². The van der Waals surface area contributed by atoms with Gasteiger partial charge in [0.2, 0.25) is 0 Å². The molecule has 2 heterocycles. The summed E-state index contributed by atoms with van der Waals surface area (Å²) in [6, 6.07) is 6.61. The van der Waals surface area contributed by atoms with E-state index < -0.39 is 9.84 Å². The third kappa shape index (κ3) is 3.76. The summed E-state index contributed by atoms with van der Waals surface area (Å²) in [5.41, 5.74) is 1.30. The molecule has 1 amide bonds. The van der Waals surface area contributed by atoms with Gasteiger partial charge in [-0.2, -0.15) is 5.10 Å². The quantitative estimate of drug-likeness (QED) is 0.874. The first kappa shape index (κ1) is 15.7. The molecular weight excluding hydrogens is 316 g/mol. The lowest BCUT2D eigenvalue weighted by Gasteiger charge is -2.23. The maximum atomic E-state index is 12.2. The van der Waals surface area contributed by atoms with Crippen LogP contribution < -0.4 is 5.32 Å². The number of benzene rings is 1. The molecule has 1 aromatic carbocycles. The summed E-state index contributed by atoms with van der Waals surface area (Å²) in [6.07, 6.45) is 1.29. The highest BCUT2D eigenvalue weighted by Crippen LogP contribution is 2.16. The van der Waals surface area contributed by atoms with Crippen LogP contribution >= 0.6 is 0 Å².